The van der Waals surface area contributed by atoms with Gasteiger partial charge in [-0.3, -0.25) is 0 Å². The van der Waals surface area contributed by atoms with E-state index < -0.39 is 0 Å². The van der Waals surface area contributed by atoms with Crippen LogP contribution < -0.4 is 0 Å². The Morgan fingerprint density at radius 3 is 2.00 bits per heavy atom. The predicted octanol–water partition coefficient (Wildman–Crippen LogP) is 1.65. The number of hydrogen-bond acceptors (Lipinski definition) is 2. The van der Waals surface area contributed by atoms with Gasteiger partial charge in [-0.1, -0.05) is 6.42 Å². The smallest absolute Gasteiger partial charge is 0.0659 e. The highest BCUT2D eigenvalue weighted by Crippen LogP contribution is 2.26. The molecule has 0 aromatic carbocycles. The van der Waals surface area contributed by atoms with Crippen molar-refractivity contribution in [2.24, 2.45) is 11.8 Å². The molecule has 0 heterocycles. The van der Waals surface area contributed by atoms with Crippen LogP contribution in [0.5, 0.6) is 0 Å². The molecule has 0 bridgehead atoms. The van der Waals surface area contributed by atoms with Crippen LogP contribution >= 0.6 is 0 Å². The monoisotopic (exact) mass is 133 g/mol. The van der Waals surface area contributed by atoms with E-state index in [1.54, 1.807) is 0 Å². The molecule has 1 rings (SSSR count). The van der Waals surface area contributed by atoms with Crippen LogP contribution in [0.25, 0.3) is 0 Å². The summed E-state index contributed by atoms with van der Waals surface area (Å²) in [6.07, 6.45) is 4.76. The Morgan fingerprint density at radius 2 is 1.60 bits per heavy atom. The van der Waals surface area contributed by atoms with E-state index in [1.807, 2.05) is 6.42 Å². The first-order valence-corrected chi connectivity index (χ1v) is 3.51. The molecule has 1 aliphatic rings. The summed E-state index contributed by atoms with van der Waals surface area (Å²) in [6, 6.07) is 4.32. The van der Waals surface area contributed by atoms with Crippen LogP contribution in [0.3, 0.4) is 0 Å². The molecule has 10 heavy (non-hydrogen) atoms. The maximum atomic E-state index is 8.51. The van der Waals surface area contributed by atoms with Gasteiger partial charge in [0.1, 0.15) is 0 Å². The molecule has 51 valence electrons. The normalized spacial score (nSPS) is 32.2. The summed E-state index contributed by atoms with van der Waals surface area (Å²) < 4.78 is 0. The van der Waals surface area contributed by atoms with Crippen molar-refractivity contribution in [2.75, 3.05) is 0 Å². The van der Waals surface area contributed by atoms with Crippen LogP contribution in [0.15, 0.2) is 0 Å². The number of hydrogen-bond donors (Lipinski definition) is 0. The molecule has 1 aliphatic carbocycles. The van der Waals surface area contributed by atoms with Gasteiger partial charge in [-0.25, -0.2) is 0 Å². The number of nitriles is 2. The third-order valence-corrected chi connectivity index (χ3v) is 1.83. The Labute approximate surface area is 61.1 Å². The standard InChI is InChI=1S/C8H9N2/c9-5-7-2-1-3-8(4-7)6-10/h4,7-8H,1-3H2. The zero-order chi connectivity index (χ0) is 7.40. The summed E-state index contributed by atoms with van der Waals surface area (Å²) in [5.74, 6) is 0.0526. The maximum absolute atomic E-state index is 8.51. The highest BCUT2D eigenvalue weighted by atomic mass is 14.3. The van der Waals surface area contributed by atoms with Crippen molar-refractivity contribution >= 4 is 0 Å². The van der Waals surface area contributed by atoms with Crippen LogP contribution in [-0.2, 0) is 0 Å². The predicted molar refractivity (Wildman–Crippen MR) is 36.4 cm³/mol. The van der Waals surface area contributed by atoms with E-state index in [9.17, 15) is 0 Å². The van der Waals surface area contributed by atoms with Gasteiger partial charge in [0.05, 0.1) is 24.0 Å². The topological polar surface area (TPSA) is 47.6 Å². The van der Waals surface area contributed by atoms with Gasteiger partial charge in [0.25, 0.3) is 0 Å². The fourth-order valence-electron chi connectivity index (χ4n) is 1.25. The molecule has 0 spiro atoms. The summed E-state index contributed by atoms with van der Waals surface area (Å²) in [5.41, 5.74) is 0. The van der Waals surface area contributed by atoms with Crippen molar-refractivity contribution in [1.29, 1.82) is 10.5 Å². The summed E-state index contributed by atoms with van der Waals surface area (Å²) in [5, 5.41) is 17.0. The average molecular weight is 133 g/mol. The molecule has 1 radical (unpaired) electrons. The minimum atomic E-state index is 0.0263. The molecule has 2 nitrogen and oxygen atoms in total. The molecule has 0 aliphatic heterocycles. The minimum Gasteiger partial charge on any atom is -0.198 e. The van der Waals surface area contributed by atoms with Crippen molar-refractivity contribution < 1.29 is 0 Å². The van der Waals surface area contributed by atoms with Gasteiger partial charge in [0, 0.05) is 0 Å². The van der Waals surface area contributed by atoms with E-state index in [-0.39, 0.29) is 11.8 Å². The molecule has 0 saturated heterocycles. The van der Waals surface area contributed by atoms with E-state index in [4.69, 9.17) is 10.5 Å². The van der Waals surface area contributed by atoms with Gasteiger partial charge in [0.2, 0.25) is 0 Å². The average Bonchev–Trinajstić information content (AvgIpc) is 2.05. The van der Waals surface area contributed by atoms with E-state index in [0.717, 1.165) is 19.3 Å². The Hall–Kier alpha value is -1.02. The fourth-order valence-corrected chi connectivity index (χ4v) is 1.25. The highest BCUT2D eigenvalue weighted by molar-refractivity contribution is 5.05. The van der Waals surface area contributed by atoms with Crippen molar-refractivity contribution in [3.05, 3.63) is 6.42 Å². The van der Waals surface area contributed by atoms with Gasteiger partial charge < -0.3 is 0 Å². The molecule has 2 atom stereocenters. The number of nitrogens with zero attached hydrogens (tertiary/aromatic N) is 2. The lowest BCUT2D eigenvalue weighted by Crippen LogP contribution is -2.13. The summed E-state index contributed by atoms with van der Waals surface area (Å²) in [7, 11) is 0. The molecule has 0 N–H and O–H groups in total. The van der Waals surface area contributed by atoms with Crippen molar-refractivity contribution in [1.82, 2.24) is 0 Å². The van der Waals surface area contributed by atoms with E-state index >= 15 is 0 Å². The first kappa shape index (κ1) is 7.09. The van der Waals surface area contributed by atoms with E-state index in [1.165, 1.54) is 0 Å². The van der Waals surface area contributed by atoms with Gasteiger partial charge in [0.15, 0.2) is 0 Å². The zero-order valence-corrected chi connectivity index (χ0v) is 5.75. The fraction of sp³-hybridized carbons (Fsp3) is 0.625. The number of rotatable bonds is 0. The van der Waals surface area contributed by atoms with Gasteiger partial charge >= 0.3 is 0 Å². The van der Waals surface area contributed by atoms with Crippen LogP contribution in [0.1, 0.15) is 19.3 Å². The molecule has 2 unspecified atom stereocenters. The Balaban J connectivity index is 2.43. The SMILES string of the molecule is N#CC1[CH]C(C#N)CCC1. The van der Waals surface area contributed by atoms with Crippen molar-refractivity contribution in [3.63, 3.8) is 0 Å². The third kappa shape index (κ3) is 1.48. The maximum Gasteiger partial charge on any atom is 0.0659 e. The lowest BCUT2D eigenvalue weighted by atomic mass is 9.83. The summed E-state index contributed by atoms with van der Waals surface area (Å²) >= 11 is 0. The van der Waals surface area contributed by atoms with Crippen molar-refractivity contribution in [3.8, 4) is 12.1 Å². The first-order chi connectivity index (χ1) is 4.86. The van der Waals surface area contributed by atoms with Crippen LogP contribution in [0, 0.1) is 40.9 Å². The molecule has 1 saturated carbocycles. The molecule has 0 aromatic rings. The van der Waals surface area contributed by atoms with Crippen LogP contribution in [0.2, 0.25) is 0 Å². The Kier molecular flexibility index (Phi) is 2.29. The molecule has 1 fully saturated rings. The molecule has 0 aromatic heterocycles. The Morgan fingerprint density at radius 1 is 1.10 bits per heavy atom. The van der Waals surface area contributed by atoms with Crippen LogP contribution in [-0.4, -0.2) is 0 Å². The lowest BCUT2D eigenvalue weighted by Gasteiger charge is -2.18. The third-order valence-electron chi connectivity index (χ3n) is 1.83. The van der Waals surface area contributed by atoms with E-state index in [2.05, 4.69) is 12.1 Å². The van der Waals surface area contributed by atoms with Gasteiger partial charge in [-0.05, 0) is 19.3 Å². The second-order valence-electron chi connectivity index (χ2n) is 2.59. The van der Waals surface area contributed by atoms with E-state index in [0.29, 0.717) is 0 Å². The lowest BCUT2D eigenvalue weighted by molar-refractivity contribution is 0.461. The Bertz CT molecular complexity index is 164. The van der Waals surface area contributed by atoms with Gasteiger partial charge in [-0.2, -0.15) is 10.5 Å². The molecule has 0 amide bonds. The second-order valence-corrected chi connectivity index (χ2v) is 2.59. The molecule has 2 heteroatoms. The highest BCUT2D eigenvalue weighted by Gasteiger charge is 2.21. The second kappa shape index (κ2) is 3.22. The van der Waals surface area contributed by atoms with Crippen LogP contribution in [0.4, 0.5) is 0 Å². The zero-order valence-electron chi connectivity index (χ0n) is 5.75. The quantitative estimate of drug-likeness (QED) is 0.504. The minimum absolute atomic E-state index is 0.0263. The molecular weight excluding hydrogens is 124 g/mol. The van der Waals surface area contributed by atoms with Gasteiger partial charge in [-0.15, -0.1) is 0 Å². The molecular formula is C8H9N2. The largest absolute Gasteiger partial charge is 0.198 e. The summed E-state index contributed by atoms with van der Waals surface area (Å²) in [6.45, 7) is 0. The van der Waals surface area contributed by atoms with Crippen molar-refractivity contribution in [2.45, 2.75) is 19.3 Å². The first-order valence-electron chi connectivity index (χ1n) is 3.51. The summed E-state index contributed by atoms with van der Waals surface area (Å²) in [4.78, 5) is 0.